The Morgan fingerprint density at radius 1 is 1.05 bits per heavy atom. The number of rotatable bonds is 4. The Kier molecular flexibility index (Phi) is 4.73. The third-order valence-corrected chi connectivity index (χ3v) is 3.16. The first-order chi connectivity index (χ1) is 9.51. The summed E-state index contributed by atoms with van der Waals surface area (Å²) in [6.45, 7) is 0. The Labute approximate surface area is 130 Å². The first kappa shape index (κ1) is 14.9. The maximum absolute atomic E-state index is 10.4. The first-order valence-electron chi connectivity index (χ1n) is 5.37. The first-order valence-corrected chi connectivity index (χ1v) is 6.50. The van der Waals surface area contributed by atoms with Gasteiger partial charge in [-0.3, -0.25) is 10.0 Å². The van der Waals surface area contributed by atoms with Crippen LogP contribution in [-0.2, 0) is 4.79 Å². The average Bonchev–Trinajstić information content (AvgIpc) is 2.42. The van der Waals surface area contributed by atoms with Crippen LogP contribution in [0.4, 0.5) is 5.69 Å². The summed E-state index contributed by atoms with van der Waals surface area (Å²) in [5, 5.41) is 10.6. The van der Waals surface area contributed by atoms with Crippen LogP contribution in [0.2, 0.25) is 15.1 Å². The van der Waals surface area contributed by atoms with Crippen LogP contribution in [0.25, 0.3) is 0 Å². The summed E-state index contributed by atoms with van der Waals surface area (Å²) in [5.74, 6) is 0.723. The molecule has 2 rings (SSSR count). The molecule has 0 aromatic heterocycles. The zero-order chi connectivity index (χ0) is 14.7. The van der Waals surface area contributed by atoms with Gasteiger partial charge in [0.05, 0.1) is 15.7 Å². The van der Waals surface area contributed by atoms with Crippen LogP contribution < -0.4 is 9.80 Å². The Balaban J connectivity index is 2.25. The highest BCUT2D eigenvalue weighted by Crippen LogP contribution is 2.38. The predicted octanol–water partition coefficient (Wildman–Crippen LogP) is 4.79. The number of anilines is 1. The van der Waals surface area contributed by atoms with Gasteiger partial charge >= 0.3 is 0 Å². The summed E-state index contributed by atoms with van der Waals surface area (Å²) in [5.41, 5.74) is 0.306. The van der Waals surface area contributed by atoms with Crippen LogP contribution in [0.5, 0.6) is 11.5 Å². The van der Waals surface area contributed by atoms with Crippen molar-refractivity contribution >= 4 is 46.9 Å². The molecule has 0 aliphatic rings. The molecule has 0 unspecified atom stereocenters. The van der Waals surface area contributed by atoms with E-state index in [0.29, 0.717) is 21.5 Å². The fourth-order valence-corrected chi connectivity index (χ4v) is 2.37. The minimum Gasteiger partial charge on any atom is -0.454 e. The molecule has 2 aromatic carbocycles. The summed E-state index contributed by atoms with van der Waals surface area (Å²) >= 11 is 17.8. The molecule has 2 aromatic rings. The fraction of sp³-hybridized carbons (Fsp3) is 0. The molecule has 4 nitrogen and oxygen atoms in total. The second-order valence-corrected chi connectivity index (χ2v) is 5.00. The highest BCUT2D eigenvalue weighted by Gasteiger charge is 2.10. The van der Waals surface area contributed by atoms with E-state index >= 15 is 0 Å². The van der Waals surface area contributed by atoms with Crippen molar-refractivity contribution in [1.82, 2.24) is 0 Å². The number of hydrogen-bond acceptors (Lipinski definition) is 3. The Bertz CT molecular complexity index is 608. The van der Waals surface area contributed by atoms with Gasteiger partial charge in [-0.2, -0.15) is 5.06 Å². The van der Waals surface area contributed by atoms with Gasteiger partial charge in [-0.05, 0) is 36.4 Å². The number of ether oxygens (including phenoxy) is 1. The van der Waals surface area contributed by atoms with Crippen LogP contribution in [-0.4, -0.2) is 11.6 Å². The fourth-order valence-electron chi connectivity index (χ4n) is 1.47. The lowest BCUT2D eigenvalue weighted by molar-refractivity contribution is -0.111. The average molecular weight is 333 g/mol. The normalized spacial score (nSPS) is 10.2. The predicted molar refractivity (Wildman–Crippen MR) is 78.3 cm³/mol. The lowest BCUT2D eigenvalue weighted by atomic mass is 10.3. The molecule has 0 spiro atoms. The van der Waals surface area contributed by atoms with Crippen molar-refractivity contribution in [3.8, 4) is 11.5 Å². The smallest absolute Gasteiger partial charge is 0.237 e. The van der Waals surface area contributed by atoms with Crippen LogP contribution >= 0.6 is 34.8 Å². The number of carbonyl (C=O) groups is 1. The second kappa shape index (κ2) is 6.33. The number of amides is 1. The van der Waals surface area contributed by atoms with Crippen molar-refractivity contribution in [3.63, 3.8) is 0 Å². The van der Waals surface area contributed by atoms with Gasteiger partial charge in [0.1, 0.15) is 5.75 Å². The quantitative estimate of drug-likeness (QED) is 0.497. The second-order valence-electron chi connectivity index (χ2n) is 3.74. The Hall–Kier alpha value is -1.46. The van der Waals surface area contributed by atoms with Crippen molar-refractivity contribution < 1.29 is 14.7 Å². The number of nitrogens with zero attached hydrogens (tertiary/aromatic N) is 1. The number of halogens is 3. The molecular weight excluding hydrogens is 325 g/mol. The summed E-state index contributed by atoms with van der Waals surface area (Å²) in [6.07, 6.45) is 0.281. The van der Waals surface area contributed by atoms with Crippen molar-refractivity contribution in [2.24, 2.45) is 0 Å². The summed E-state index contributed by atoms with van der Waals surface area (Å²) in [6, 6.07) is 9.15. The van der Waals surface area contributed by atoms with E-state index in [9.17, 15) is 10.0 Å². The molecule has 0 heterocycles. The summed E-state index contributed by atoms with van der Waals surface area (Å²) < 4.78 is 5.55. The molecule has 0 aliphatic heterocycles. The zero-order valence-electron chi connectivity index (χ0n) is 9.89. The minimum absolute atomic E-state index is 0.279. The van der Waals surface area contributed by atoms with E-state index < -0.39 is 0 Å². The van der Waals surface area contributed by atoms with Crippen molar-refractivity contribution in [2.45, 2.75) is 0 Å². The molecule has 1 amide bonds. The topological polar surface area (TPSA) is 49.8 Å². The third-order valence-electron chi connectivity index (χ3n) is 2.38. The van der Waals surface area contributed by atoms with Gasteiger partial charge in [0.2, 0.25) is 6.41 Å². The lowest BCUT2D eigenvalue weighted by Gasteiger charge is -2.12. The maximum atomic E-state index is 10.4. The summed E-state index contributed by atoms with van der Waals surface area (Å²) in [7, 11) is 0. The molecule has 0 atom stereocenters. The van der Waals surface area contributed by atoms with Gasteiger partial charge in [-0.25, -0.2) is 0 Å². The highest BCUT2D eigenvalue weighted by atomic mass is 35.5. The largest absolute Gasteiger partial charge is 0.454 e. The van der Waals surface area contributed by atoms with E-state index in [2.05, 4.69) is 0 Å². The van der Waals surface area contributed by atoms with Gasteiger partial charge in [-0.1, -0.05) is 34.8 Å². The monoisotopic (exact) mass is 331 g/mol. The van der Waals surface area contributed by atoms with Gasteiger partial charge in [0, 0.05) is 5.02 Å². The van der Waals surface area contributed by atoms with Gasteiger partial charge in [0.15, 0.2) is 5.75 Å². The van der Waals surface area contributed by atoms with Crippen molar-refractivity contribution in [2.75, 3.05) is 5.06 Å². The lowest BCUT2D eigenvalue weighted by Crippen LogP contribution is -2.14. The molecule has 1 N–H and O–H groups in total. The van der Waals surface area contributed by atoms with Gasteiger partial charge < -0.3 is 4.74 Å². The molecule has 0 bridgehead atoms. The Morgan fingerprint density at radius 3 is 2.10 bits per heavy atom. The number of benzene rings is 2. The molecule has 0 aliphatic carbocycles. The van der Waals surface area contributed by atoms with Crippen LogP contribution in [0.15, 0.2) is 36.4 Å². The van der Waals surface area contributed by atoms with Crippen molar-refractivity contribution in [1.29, 1.82) is 0 Å². The SMILES string of the molecule is O=CN(O)c1ccc(Oc2c(Cl)cc(Cl)cc2Cl)cc1. The van der Waals surface area contributed by atoms with Gasteiger partial charge in [-0.15, -0.1) is 0 Å². The summed E-state index contributed by atoms with van der Waals surface area (Å²) in [4.78, 5) is 10.4. The van der Waals surface area contributed by atoms with E-state index in [1.54, 1.807) is 12.1 Å². The molecule has 0 saturated carbocycles. The van der Waals surface area contributed by atoms with Crippen LogP contribution in [0.1, 0.15) is 0 Å². The molecule has 104 valence electrons. The van der Waals surface area contributed by atoms with E-state index in [-0.39, 0.29) is 22.2 Å². The standard InChI is InChI=1S/C13H8Cl3NO3/c14-8-5-11(15)13(12(16)6-8)20-10-3-1-9(2-4-10)17(19)7-18/h1-7,19H. The molecular formula is C13H8Cl3NO3. The highest BCUT2D eigenvalue weighted by molar-refractivity contribution is 6.40. The molecule has 20 heavy (non-hydrogen) atoms. The number of hydrogen-bond donors (Lipinski definition) is 1. The molecule has 7 heteroatoms. The van der Waals surface area contributed by atoms with E-state index in [1.165, 1.54) is 24.3 Å². The van der Waals surface area contributed by atoms with Crippen LogP contribution in [0, 0.1) is 0 Å². The van der Waals surface area contributed by atoms with E-state index in [0.717, 1.165) is 0 Å². The Morgan fingerprint density at radius 2 is 1.60 bits per heavy atom. The van der Waals surface area contributed by atoms with E-state index in [4.69, 9.17) is 39.5 Å². The van der Waals surface area contributed by atoms with Crippen molar-refractivity contribution in [3.05, 3.63) is 51.5 Å². The molecule has 0 fully saturated rings. The number of hydroxylamine groups is 1. The van der Waals surface area contributed by atoms with Crippen LogP contribution in [0.3, 0.4) is 0 Å². The number of carbonyl (C=O) groups excluding carboxylic acids is 1. The zero-order valence-corrected chi connectivity index (χ0v) is 12.2. The van der Waals surface area contributed by atoms with E-state index in [1.807, 2.05) is 0 Å². The minimum atomic E-state index is 0.279. The van der Waals surface area contributed by atoms with Gasteiger partial charge in [0.25, 0.3) is 0 Å². The maximum Gasteiger partial charge on any atom is 0.237 e. The third kappa shape index (κ3) is 3.35. The molecule has 0 saturated heterocycles. The molecule has 0 radical (unpaired) electrons.